The van der Waals surface area contributed by atoms with E-state index in [-0.39, 0.29) is 17.0 Å². The molecule has 1 saturated carbocycles. The zero-order valence-corrected chi connectivity index (χ0v) is 17.7. The highest BCUT2D eigenvalue weighted by Gasteiger charge is 2.21. The van der Waals surface area contributed by atoms with Crippen molar-refractivity contribution >= 4 is 61.8 Å². The second-order valence-electron chi connectivity index (χ2n) is 5.37. The van der Waals surface area contributed by atoms with Crippen LogP contribution >= 0.6 is 55.6 Å². The lowest BCUT2D eigenvalue weighted by molar-refractivity contribution is 0.527. The summed E-state index contributed by atoms with van der Waals surface area (Å²) in [5, 5.41) is 6.74. The largest absolute Gasteiger partial charge is 0.460 e. The van der Waals surface area contributed by atoms with Gasteiger partial charge in [-0.1, -0.05) is 0 Å². The number of rotatable bonds is 4. The van der Waals surface area contributed by atoms with Crippen LogP contribution in [0, 0.1) is 6.92 Å². The van der Waals surface area contributed by atoms with Gasteiger partial charge in [0, 0.05) is 5.38 Å². The van der Waals surface area contributed by atoms with E-state index in [1.54, 1.807) is 28.9 Å². The van der Waals surface area contributed by atoms with Gasteiger partial charge in [0.25, 0.3) is 0 Å². The van der Waals surface area contributed by atoms with E-state index < -0.39 is 0 Å². The van der Waals surface area contributed by atoms with E-state index in [1.807, 2.05) is 23.7 Å². The number of halogens is 2. The van der Waals surface area contributed by atoms with Gasteiger partial charge in [0.2, 0.25) is 4.80 Å². The predicted molar refractivity (Wildman–Crippen MR) is 109 cm³/mol. The van der Waals surface area contributed by atoms with Crippen LogP contribution in [-0.4, -0.2) is 16.9 Å². The van der Waals surface area contributed by atoms with Gasteiger partial charge in [-0.25, -0.2) is 4.68 Å². The van der Waals surface area contributed by atoms with Crippen LogP contribution in [0.25, 0.3) is 10.6 Å². The number of thiophene rings is 1. The van der Waals surface area contributed by atoms with Gasteiger partial charge in [0.15, 0.2) is 0 Å². The van der Waals surface area contributed by atoms with E-state index in [2.05, 4.69) is 38.5 Å². The zero-order valence-electron chi connectivity index (χ0n) is 12.8. The summed E-state index contributed by atoms with van der Waals surface area (Å²) in [7, 11) is 0. The molecule has 0 aliphatic heterocycles. The number of hydrogen-bond donors (Lipinski definition) is 0. The van der Waals surface area contributed by atoms with Crippen LogP contribution in [-0.2, 0) is 0 Å². The third-order valence-corrected chi connectivity index (χ3v) is 5.89. The molecule has 0 amide bonds. The summed E-state index contributed by atoms with van der Waals surface area (Å²) in [6.45, 7) is 1.93. The third-order valence-electron chi connectivity index (χ3n) is 3.41. The van der Waals surface area contributed by atoms with Crippen LogP contribution < -0.4 is 4.80 Å². The van der Waals surface area contributed by atoms with Crippen molar-refractivity contribution in [3.63, 3.8) is 0 Å². The average Bonchev–Trinajstić information content (AvgIpc) is 2.90. The number of nitrogens with zero attached hydrogens (tertiary/aromatic N) is 3. The average molecular weight is 489 g/mol. The van der Waals surface area contributed by atoms with E-state index in [9.17, 15) is 0 Å². The third kappa shape index (κ3) is 3.99. The van der Waals surface area contributed by atoms with Gasteiger partial charge in [-0.3, -0.25) is 4.99 Å². The normalized spacial score (nSPS) is 15.2. The molecule has 0 N–H and O–H groups in total. The molecule has 3 aromatic rings. The number of aromatic nitrogens is 1. The molecule has 0 unspecified atom stereocenters. The molecule has 3 aromatic heterocycles. The summed E-state index contributed by atoms with van der Waals surface area (Å²) >= 11 is 6.85. The first-order chi connectivity index (χ1) is 11.2. The van der Waals surface area contributed by atoms with Gasteiger partial charge in [0.05, 0.1) is 26.6 Å². The maximum atomic E-state index is 5.57. The van der Waals surface area contributed by atoms with Gasteiger partial charge in [0.1, 0.15) is 11.5 Å². The minimum absolute atomic E-state index is 0. The van der Waals surface area contributed by atoms with Crippen molar-refractivity contribution in [1.82, 2.24) is 4.68 Å². The Hall–Kier alpha value is -0.960. The molecule has 3 heterocycles. The topological polar surface area (TPSA) is 42.8 Å². The summed E-state index contributed by atoms with van der Waals surface area (Å²) < 4.78 is 8.59. The van der Waals surface area contributed by atoms with Crippen molar-refractivity contribution in [1.29, 1.82) is 0 Å². The molecule has 1 fully saturated rings. The fourth-order valence-corrected chi connectivity index (χ4v) is 4.48. The van der Waals surface area contributed by atoms with Crippen LogP contribution in [0.2, 0.25) is 0 Å². The monoisotopic (exact) mass is 487 g/mol. The maximum Gasteiger partial charge on any atom is 0.206 e. The Morgan fingerprint density at radius 1 is 1.29 bits per heavy atom. The lowest BCUT2D eigenvalue weighted by Gasteiger charge is -2.00. The SMILES string of the molecule is Br.Cc1ccc(/C=N/n2c(-c3ccc(Br)s3)csc2=NC2CC2)o1. The Morgan fingerprint density at radius 3 is 2.75 bits per heavy atom. The van der Waals surface area contributed by atoms with Crippen LogP contribution in [0.1, 0.15) is 24.4 Å². The second-order valence-corrected chi connectivity index (χ2v) is 8.67. The summed E-state index contributed by atoms with van der Waals surface area (Å²) in [5.41, 5.74) is 1.06. The minimum atomic E-state index is 0. The molecular formula is C16H15Br2N3OS2. The molecule has 4 nitrogen and oxygen atoms in total. The van der Waals surface area contributed by atoms with E-state index >= 15 is 0 Å². The Bertz CT molecular complexity index is 931. The molecule has 126 valence electrons. The fourth-order valence-electron chi connectivity index (χ4n) is 2.12. The highest BCUT2D eigenvalue weighted by Crippen LogP contribution is 2.32. The van der Waals surface area contributed by atoms with E-state index in [0.717, 1.165) is 30.7 Å². The lowest BCUT2D eigenvalue weighted by Crippen LogP contribution is -2.12. The first-order valence-corrected chi connectivity index (χ1v) is 9.79. The molecule has 1 aliphatic carbocycles. The molecule has 0 spiro atoms. The molecule has 24 heavy (non-hydrogen) atoms. The van der Waals surface area contributed by atoms with Gasteiger partial charge in [-0.2, -0.15) is 5.10 Å². The Kier molecular flexibility index (Phi) is 5.59. The Morgan fingerprint density at radius 2 is 2.12 bits per heavy atom. The number of hydrogen-bond acceptors (Lipinski definition) is 5. The molecule has 8 heteroatoms. The molecule has 0 bridgehead atoms. The lowest BCUT2D eigenvalue weighted by atomic mass is 10.4. The van der Waals surface area contributed by atoms with Crippen molar-refractivity contribution in [2.45, 2.75) is 25.8 Å². The number of aryl methyl sites for hydroxylation is 1. The first-order valence-electron chi connectivity index (χ1n) is 7.30. The smallest absolute Gasteiger partial charge is 0.206 e. The van der Waals surface area contributed by atoms with Gasteiger partial charge in [-0.05, 0) is 60.0 Å². The molecule has 4 rings (SSSR count). The van der Waals surface area contributed by atoms with Gasteiger partial charge >= 0.3 is 0 Å². The van der Waals surface area contributed by atoms with Crippen LogP contribution in [0.4, 0.5) is 0 Å². The summed E-state index contributed by atoms with van der Waals surface area (Å²) in [5.74, 6) is 1.63. The van der Waals surface area contributed by atoms with E-state index in [0.29, 0.717) is 6.04 Å². The van der Waals surface area contributed by atoms with Crippen molar-refractivity contribution < 1.29 is 4.42 Å². The first kappa shape index (κ1) is 17.8. The highest BCUT2D eigenvalue weighted by atomic mass is 79.9. The van der Waals surface area contributed by atoms with Crippen LogP contribution in [0.3, 0.4) is 0 Å². The minimum Gasteiger partial charge on any atom is -0.460 e. The van der Waals surface area contributed by atoms with Crippen molar-refractivity contribution in [3.05, 3.63) is 49.8 Å². The Labute approximate surface area is 166 Å². The fraction of sp³-hybridized carbons (Fsp3) is 0.250. The highest BCUT2D eigenvalue weighted by molar-refractivity contribution is 9.11. The summed E-state index contributed by atoms with van der Waals surface area (Å²) in [4.78, 5) is 6.87. The van der Waals surface area contributed by atoms with Crippen LogP contribution in [0.5, 0.6) is 0 Å². The number of thiazole rings is 1. The Balaban J connectivity index is 0.00000169. The molecule has 0 aromatic carbocycles. The quantitative estimate of drug-likeness (QED) is 0.449. The molecule has 0 saturated heterocycles. The van der Waals surface area contributed by atoms with Gasteiger partial charge < -0.3 is 4.42 Å². The standard InChI is InChI=1S/C16H14BrN3OS2.BrH/c1-10-2-5-12(21-10)8-18-20-13(14-6-7-15(17)23-14)9-22-16(20)19-11-3-4-11;/h2,5-9,11H,3-4H2,1H3;1H/b18-8+,19-16?;. The molecular weight excluding hydrogens is 474 g/mol. The van der Waals surface area contributed by atoms with E-state index in [4.69, 9.17) is 9.41 Å². The predicted octanol–water partition coefficient (Wildman–Crippen LogP) is 5.47. The summed E-state index contributed by atoms with van der Waals surface area (Å²) in [6.07, 6.45) is 4.11. The molecule has 0 radical (unpaired) electrons. The molecule has 1 aliphatic rings. The zero-order chi connectivity index (χ0) is 15.8. The van der Waals surface area contributed by atoms with Crippen molar-refractivity contribution in [2.75, 3.05) is 0 Å². The second kappa shape index (κ2) is 7.51. The van der Waals surface area contributed by atoms with Crippen LogP contribution in [0.15, 0.2) is 47.9 Å². The summed E-state index contributed by atoms with van der Waals surface area (Å²) in [6, 6.07) is 8.47. The van der Waals surface area contributed by atoms with Crippen molar-refractivity contribution in [2.24, 2.45) is 10.1 Å². The number of furan rings is 1. The molecule has 0 atom stereocenters. The van der Waals surface area contributed by atoms with E-state index in [1.165, 1.54) is 12.8 Å². The van der Waals surface area contributed by atoms with Crippen molar-refractivity contribution in [3.8, 4) is 10.6 Å². The maximum absolute atomic E-state index is 5.57. The van der Waals surface area contributed by atoms with Gasteiger partial charge in [-0.15, -0.1) is 39.7 Å².